The molecule has 2 aromatic carbocycles. The van der Waals surface area contributed by atoms with Crippen molar-refractivity contribution in [2.75, 3.05) is 37.4 Å². The maximum absolute atomic E-state index is 14.1. The van der Waals surface area contributed by atoms with Gasteiger partial charge >= 0.3 is 0 Å². The minimum atomic E-state index is -3.94. The number of pyridine rings is 1. The highest BCUT2D eigenvalue weighted by molar-refractivity contribution is 7.89. The van der Waals surface area contributed by atoms with E-state index in [9.17, 15) is 21.6 Å². The molecule has 36 heavy (non-hydrogen) atoms. The quantitative estimate of drug-likeness (QED) is 0.122. The molecule has 11 nitrogen and oxygen atoms in total. The molecule has 0 unspecified atom stereocenters. The van der Waals surface area contributed by atoms with Crippen LogP contribution < -0.4 is 14.9 Å². The van der Waals surface area contributed by atoms with E-state index in [0.717, 1.165) is 5.69 Å². The van der Waals surface area contributed by atoms with Crippen LogP contribution >= 0.6 is 0 Å². The SMILES string of the molecule is CN(C)c1ccc(N=Nc2ccc(S(=O)(=O)NCCNc3nc(F)c(F)c(N=[N+]=[N-])c3F)cc2)cc1. The van der Waals surface area contributed by atoms with Crippen molar-refractivity contribution in [3.8, 4) is 0 Å². The number of halogens is 3. The molecule has 0 fully saturated rings. The van der Waals surface area contributed by atoms with Crippen molar-refractivity contribution in [1.29, 1.82) is 0 Å². The van der Waals surface area contributed by atoms with Crippen LogP contribution in [0.1, 0.15) is 0 Å². The topological polar surface area (TPSA) is 148 Å². The number of hydrogen-bond acceptors (Lipinski definition) is 8. The molecule has 15 heteroatoms. The van der Waals surface area contributed by atoms with Gasteiger partial charge in [0, 0.05) is 37.8 Å². The van der Waals surface area contributed by atoms with Crippen LogP contribution in [0.25, 0.3) is 10.4 Å². The fourth-order valence-corrected chi connectivity index (χ4v) is 3.86. The number of benzene rings is 2. The van der Waals surface area contributed by atoms with Gasteiger partial charge in [0.05, 0.1) is 16.3 Å². The summed E-state index contributed by atoms with van der Waals surface area (Å²) < 4.78 is 68.3. The second kappa shape index (κ2) is 11.5. The molecule has 188 valence electrons. The zero-order chi connectivity index (χ0) is 26.3. The summed E-state index contributed by atoms with van der Waals surface area (Å²) in [4.78, 5) is 7.18. The highest BCUT2D eigenvalue weighted by atomic mass is 32.2. The van der Waals surface area contributed by atoms with Gasteiger partial charge < -0.3 is 10.2 Å². The second-order valence-electron chi connectivity index (χ2n) is 7.35. The molecule has 3 aromatic rings. The van der Waals surface area contributed by atoms with Crippen LogP contribution in [-0.4, -0.2) is 40.6 Å². The molecule has 0 radical (unpaired) electrons. The number of hydrogen-bond donors (Lipinski definition) is 2. The third-order valence-electron chi connectivity index (χ3n) is 4.66. The van der Waals surface area contributed by atoms with E-state index in [-0.39, 0.29) is 18.0 Å². The average Bonchev–Trinajstić information content (AvgIpc) is 2.86. The van der Waals surface area contributed by atoms with E-state index in [1.165, 1.54) is 24.3 Å². The fraction of sp³-hybridized carbons (Fsp3) is 0.190. The number of azo groups is 1. The maximum atomic E-state index is 14.1. The summed E-state index contributed by atoms with van der Waals surface area (Å²) in [7, 11) is -0.0937. The number of nitrogens with zero attached hydrogens (tertiary/aromatic N) is 7. The lowest BCUT2D eigenvalue weighted by Crippen LogP contribution is -2.29. The van der Waals surface area contributed by atoms with Gasteiger partial charge in [0.25, 0.3) is 5.95 Å². The zero-order valence-corrected chi connectivity index (χ0v) is 19.8. The Morgan fingerprint density at radius 2 is 1.53 bits per heavy atom. The van der Waals surface area contributed by atoms with Crippen molar-refractivity contribution in [3.05, 3.63) is 76.6 Å². The van der Waals surface area contributed by atoms with Crippen LogP contribution in [0.2, 0.25) is 0 Å². The van der Waals surface area contributed by atoms with Gasteiger partial charge in [-0.1, -0.05) is 5.11 Å². The highest BCUT2D eigenvalue weighted by Gasteiger charge is 2.20. The van der Waals surface area contributed by atoms with E-state index in [2.05, 4.69) is 35.3 Å². The largest absolute Gasteiger partial charge is 0.378 e. The first-order valence-corrected chi connectivity index (χ1v) is 11.7. The van der Waals surface area contributed by atoms with Gasteiger partial charge in [0.15, 0.2) is 17.5 Å². The predicted molar refractivity (Wildman–Crippen MR) is 128 cm³/mol. The maximum Gasteiger partial charge on any atom is 0.251 e. The third kappa shape index (κ3) is 6.47. The van der Waals surface area contributed by atoms with Crippen molar-refractivity contribution < 1.29 is 21.6 Å². The van der Waals surface area contributed by atoms with Gasteiger partial charge in [0.1, 0.15) is 5.69 Å². The van der Waals surface area contributed by atoms with Crippen LogP contribution in [0.4, 0.5) is 41.7 Å². The zero-order valence-electron chi connectivity index (χ0n) is 19.0. The first kappa shape index (κ1) is 26.4. The van der Waals surface area contributed by atoms with E-state index in [1.54, 1.807) is 12.1 Å². The van der Waals surface area contributed by atoms with E-state index in [0.29, 0.717) is 11.4 Å². The molecule has 0 aliphatic carbocycles. The number of aromatic nitrogens is 1. The standard InChI is InChI=1S/C21H20F3N9O2S/c1-33(2)15-7-3-13(4-8-15)29-30-14-5-9-16(10-6-14)36(34,35)27-12-11-26-21-18(23)19(31-32-25)17(22)20(24)28-21/h3-10,27H,11-12H2,1-2H3,(H,26,28). The lowest BCUT2D eigenvalue weighted by Gasteiger charge is -2.11. The summed E-state index contributed by atoms with van der Waals surface area (Å²) in [6.45, 7) is -0.480. The Hall–Kier alpha value is -4.20. The Bertz CT molecular complexity index is 1410. The Morgan fingerprint density at radius 3 is 2.08 bits per heavy atom. The first-order valence-electron chi connectivity index (χ1n) is 10.2. The van der Waals surface area contributed by atoms with Gasteiger partial charge in [-0.15, -0.1) is 0 Å². The monoisotopic (exact) mass is 519 g/mol. The summed E-state index contributed by atoms with van der Waals surface area (Å²) >= 11 is 0. The minimum Gasteiger partial charge on any atom is -0.378 e. The minimum absolute atomic E-state index is 0.0560. The fourth-order valence-electron chi connectivity index (χ4n) is 2.83. The Balaban J connectivity index is 1.58. The van der Waals surface area contributed by atoms with Gasteiger partial charge in [0.2, 0.25) is 10.0 Å². The highest BCUT2D eigenvalue weighted by Crippen LogP contribution is 2.28. The average molecular weight is 520 g/mol. The van der Waals surface area contributed by atoms with Gasteiger partial charge in [-0.2, -0.15) is 19.6 Å². The van der Waals surface area contributed by atoms with Crippen LogP contribution in [0.5, 0.6) is 0 Å². The molecule has 1 heterocycles. The molecule has 0 spiro atoms. The first-order chi connectivity index (χ1) is 17.1. The molecule has 3 rings (SSSR count). The molecule has 0 aliphatic heterocycles. The van der Waals surface area contributed by atoms with E-state index in [4.69, 9.17) is 5.53 Å². The van der Waals surface area contributed by atoms with Crippen molar-refractivity contribution in [2.45, 2.75) is 4.90 Å². The summed E-state index contributed by atoms with van der Waals surface area (Å²) in [6, 6.07) is 13.0. The molecule has 0 saturated heterocycles. The predicted octanol–water partition coefficient (Wildman–Crippen LogP) is 5.31. The molecule has 1 aromatic heterocycles. The molecular weight excluding hydrogens is 499 g/mol. The molecule has 0 bridgehead atoms. The van der Waals surface area contributed by atoms with Crippen molar-refractivity contribution in [2.24, 2.45) is 15.3 Å². The van der Waals surface area contributed by atoms with E-state index in [1.807, 2.05) is 31.1 Å². The van der Waals surface area contributed by atoms with Crippen LogP contribution in [0.15, 0.2) is 68.8 Å². The van der Waals surface area contributed by atoms with E-state index < -0.39 is 39.1 Å². The molecule has 2 N–H and O–H groups in total. The molecule has 0 amide bonds. The lowest BCUT2D eigenvalue weighted by atomic mass is 10.3. The van der Waals surface area contributed by atoms with E-state index >= 15 is 0 Å². The summed E-state index contributed by atoms with van der Waals surface area (Å²) in [5.41, 5.74) is 9.25. The van der Waals surface area contributed by atoms with Crippen LogP contribution in [0, 0.1) is 17.6 Å². The number of anilines is 2. The Morgan fingerprint density at radius 1 is 0.944 bits per heavy atom. The lowest BCUT2D eigenvalue weighted by molar-refractivity contribution is 0.469. The summed E-state index contributed by atoms with van der Waals surface area (Å²) in [6.07, 6.45) is 0. The van der Waals surface area contributed by atoms with Gasteiger partial charge in [-0.3, -0.25) is 0 Å². The third-order valence-corrected chi connectivity index (χ3v) is 6.14. The van der Waals surface area contributed by atoms with Crippen LogP contribution in [0.3, 0.4) is 0 Å². The van der Waals surface area contributed by atoms with Gasteiger partial charge in [-0.05, 0) is 54.1 Å². The van der Waals surface area contributed by atoms with Crippen LogP contribution in [-0.2, 0) is 10.0 Å². The smallest absolute Gasteiger partial charge is 0.251 e. The van der Waals surface area contributed by atoms with Crippen molar-refractivity contribution in [3.63, 3.8) is 0 Å². The molecule has 0 aliphatic rings. The second-order valence-corrected chi connectivity index (χ2v) is 9.11. The number of sulfonamides is 1. The normalized spacial score (nSPS) is 11.4. The number of rotatable bonds is 10. The molecule has 0 atom stereocenters. The Labute approximate surface area is 204 Å². The molecular formula is C21H20F3N9O2S. The number of azide groups is 1. The summed E-state index contributed by atoms with van der Waals surface area (Å²) in [5.74, 6) is -5.55. The summed E-state index contributed by atoms with van der Waals surface area (Å²) in [5, 5.41) is 13.3. The molecule has 0 saturated carbocycles. The van der Waals surface area contributed by atoms with Gasteiger partial charge in [-0.25, -0.2) is 21.9 Å². The Kier molecular flexibility index (Phi) is 8.42. The number of nitrogens with one attached hydrogen (secondary N) is 2. The van der Waals surface area contributed by atoms with Crippen molar-refractivity contribution >= 4 is 38.6 Å². The van der Waals surface area contributed by atoms with Crippen molar-refractivity contribution in [1.82, 2.24) is 9.71 Å².